The highest BCUT2D eigenvalue weighted by atomic mass is 16.2. The summed E-state index contributed by atoms with van der Waals surface area (Å²) in [5, 5.41) is 0. The first-order valence-electron chi connectivity index (χ1n) is 10.0. The smallest absolute Gasteiger partial charge is 0.253 e. The molecule has 5 nitrogen and oxygen atoms in total. The highest BCUT2D eigenvalue weighted by Gasteiger charge is 2.24. The van der Waals surface area contributed by atoms with Crippen LogP contribution in [-0.2, 0) is 12.8 Å². The second kappa shape index (κ2) is 7.29. The third-order valence-electron chi connectivity index (χ3n) is 5.97. The number of rotatable bonds is 2. The minimum Gasteiger partial charge on any atom is -0.341 e. The number of anilines is 1. The van der Waals surface area contributed by atoms with Crippen molar-refractivity contribution in [2.45, 2.75) is 46.5 Å². The molecule has 1 amide bonds. The van der Waals surface area contributed by atoms with Gasteiger partial charge in [-0.3, -0.25) is 4.79 Å². The van der Waals surface area contributed by atoms with Gasteiger partial charge in [0.25, 0.3) is 5.91 Å². The van der Waals surface area contributed by atoms with Crippen LogP contribution in [-0.4, -0.2) is 47.0 Å². The Hall–Kier alpha value is -2.43. The van der Waals surface area contributed by atoms with Crippen molar-refractivity contribution in [2.24, 2.45) is 0 Å². The van der Waals surface area contributed by atoms with Crippen molar-refractivity contribution in [1.82, 2.24) is 14.9 Å². The fourth-order valence-corrected chi connectivity index (χ4v) is 4.09. The number of nitrogens with zero attached hydrogens (tertiary/aromatic N) is 4. The molecule has 0 bridgehead atoms. The maximum atomic E-state index is 13.0. The fraction of sp³-hybridized carbons (Fsp3) is 0.500. The van der Waals surface area contributed by atoms with E-state index in [1.807, 2.05) is 23.1 Å². The van der Waals surface area contributed by atoms with E-state index in [1.54, 1.807) is 0 Å². The normalized spacial score (nSPS) is 17.0. The number of benzene rings is 1. The number of amides is 1. The van der Waals surface area contributed by atoms with Gasteiger partial charge in [-0.05, 0) is 68.9 Å². The summed E-state index contributed by atoms with van der Waals surface area (Å²) in [5.41, 5.74) is 6.59. The largest absolute Gasteiger partial charge is 0.341 e. The van der Waals surface area contributed by atoms with Crippen molar-refractivity contribution in [1.29, 1.82) is 0 Å². The van der Waals surface area contributed by atoms with E-state index in [2.05, 4.69) is 25.7 Å². The summed E-state index contributed by atoms with van der Waals surface area (Å²) in [6.45, 7) is 9.77. The first kappa shape index (κ1) is 18.0. The Bertz CT molecular complexity index is 871. The van der Waals surface area contributed by atoms with Crippen LogP contribution in [0.4, 0.5) is 5.95 Å². The molecule has 27 heavy (non-hydrogen) atoms. The van der Waals surface area contributed by atoms with Gasteiger partial charge in [-0.15, -0.1) is 0 Å². The Morgan fingerprint density at radius 1 is 0.926 bits per heavy atom. The standard InChI is InChI=1S/C22H28N4O/c1-15-6-7-18(14-16(15)2)21(27)25-12-8-19-17(3)23-22(24-20(19)9-13-25)26-10-4-5-11-26/h6-7,14H,4-5,8-13H2,1-3H3. The maximum Gasteiger partial charge on any atom is 0.253 e. The summed E-state index contributed by atoms with van der Waals surface area (Å²) in [4.78, 5) is 26.9. The van der Waals surface area contributed by atoms with E-state index in [0.29, 0.717) is 6.54 Å². The number of aromatic nitrogens is 2. The zero-order valence-corrected chi connectivity index (χ0v) is 16.6. The molecule has 0 aliphatic carbocycles. The van der Waals surface area contributed by atoms with Crippen LogP contribution in [0.15, 0.2) is 18.2 Å². The van der Waals surface area contributed by atoms with E-state index >= 15 is 0 Å². The molecule has 1 saturated heterocycles. The predicted molar refractivity (Wildman–Crippen MR) is 107 cm³/mol. The van der Waals surface area contributed by atoms with E-state index in [-0.39, 0.29) is 5.91 Å². The second-order valence-corrected chi connectivity index (χ2v) is 7.82. The molecule has 3 heterocycles. The Kier molecular flexibility index (Phi) is 4.85. The monoisotopic (exact) mass is 364 g/mol. The van der Waals surface area contributed by atoms with Gasteiger partial charge in [0.2, 0.25) is 5.95 Å². The van der Waals surface area contributed by atoms with Gasteiger partial charge in [0.05, 0.1) is 5.69 Å². The van der Waals surface area contributed by atoms with Crippen molar-refractivity contribution >= 4 is 11.9 Å². The molecule has 0 N–H and O–H groups in total. The van der Waals surface area contributed by atoms with Crippen LogP contribution in [0.25, 0.3) is 0 Å². The predicted octanol–water partition coefficient (Wildman–Crippen LogP) is 3.24. The van der Waals surface area contributed by atoms with Gasteiger partial charge in [-0.25, -0.2) is 9.97 Å². The average Bonchev–Trinajstić information content (AvgIpc) is 3.11. The first-order chi connectivity index (χ1) is 13.0. The Morgan fingerprint density at radius 3 is 2.41 bits per heavy atom. The summed E-state index contributed by atoms with van der Waals surface area (Å²) < 4.78 is 0. The minimum atomic E-state index is 0.122. The molecule has 142 valence electrons. The molecule has 4 rings (SSSR count). The number of hydrogen-bond donors (Lipinski definition) is 0. The number of carbonyl (C=O) groups is 1. The second-order valence-electron chi connectivity index (χ2n) is 7.82. The van der Waals surface area contributed by atoms with Gasteiger partial charge in [0, 0.05) is 43.9 Å². The lowest BCUT2D eigenvalue weighted by Crippen LogP contribution is -2.33. The van der Waals surface area contributed by atoms with E-state index in [9.17, 15) is 4.79 Å². The molecule has 2 aromatic rings. The molecule has 2 aliphatic rings. The van der Waals surface area contributed by atoms with Crippen LogP contribution >= 0.6 is 0 Å². The third kappa shape index (κ3) is 3.55. The SMILES string of the molecule is Cc1ccc(C(=O)N2CCc3nc(N4CCCC4)nc(C)c3CC2)cc1C. The lowest BCUT2D eigenvalue weighted by molar-refractivity contribution is 0.0763. The molecule has 0 atom stereocenters. The number of fused-ring (bicyclic) bond motifs is 1. The first-order valence-corrected chi connectivity index (χ1v) is 10.0. The maximum absolute atomic E-state index is 13.0. The molecular formula is C22H28N4O. The zero-order chi connectivity index (χ0) is 19.0. The molecule has 0 spiro atoms. The van der Waals surface area contributed by atoms with Gasteiger partial charge in [0.15, 0.2) is 0 Å². The minimum absolute atomic E-state index is 0.122. The quantitative estimate of drug-likeness (QED) is 0.821. The summed E-state index contributed by atoms with van der Waals surface area (Å²) in [6.07, 6.45) is 4.07. The van der Waals surface area contributed by atoms with Crippen molar-refractivity contribution in [3.05, 3.63) is 51.8 Å². The van der Waals surface area contributed by atoms with E-state index < -0.39 is 0 Å². The van der Waals surface area contributed by atoms with Crippen LogP contribution in [0, 0.1) is 20.8 Å². The van der Waals surface area contributed by atoms with Crippen LogP contribution in [0.2, 0.25) is 0 Å². The molecule has 0 radical (unpaired) electrons. The third-order valence-corrected chi connectivity index (χ3v) is 5.97. The molecular weight excluding hydrogens is 336 g/mol. The molecule has 5 heteroatoms. The van der Waals surface area contributed by atoms with E-state index in [4.69, 9.17) is 9.97 Å². The van der Waals surface area contributed by atoms with Crippen LogP contribution in [0.1, 0.15) is 51.3 Å². The lowest BCUT2D eigenvalue weighted by atomic mass is 10.1. The molecule has 1 aromatic heterocycles. The molecule has 2 aliphatic heterocycles. The van der Waals surface area contributed by atoms with Gasteiger partial charge < -0.3 is 9.80 Å². The molecule has 1 aromatic carbocycles. The highest BCUT2D eigenvalue weighted by molar-refractivity contribution is 5.94. The van der Waals surface area contributed by atoms with Crippen molar-refractivity contribution < 1.29 is 4.79 Å². The molecule has 0 saturated carbocycles. The van der Waals surface area contributed by atoms with Crippen LogP contribution in [0.3, 0.4) is 0 Å². The lowest BCUT2D eigenvalue weighted by Gasteiger charge is -2.20. The van der Waals surface area contributed by atoms with Crippen molar-refractivity contribution in [3.8, 4) is 0 Å². The number of hydrogen-bond acceptors (Lipinski definition) is 4. The molecule has 1 fully saturated rings. The fourth-order valence-electron chi connectivity index (χ4n) is 4.09. The van der Waals surface area contributed by atoms with Gasteiger partial charge in [0.1, 0.15) is 0 Å². The Balaban J connectivity index is 1.54. The number of aryl methyl sites for hydroxylation is 3. The Morgan fingerprint density at radius 2 is 1.67 bits per heavy atom. The summed E-state index contributed by atoms with van der Waals surface area (Å²) in [6, 6.07) is 5.98. The van der Waals surface area contributed by atoms with Gasteiger partial charge in [-0.1, -0.05) is 6.07 Å². The number of carbonyl (C=O) groups excluding carboxylic acids is 1. The van der Waals surface area contributed by atoms with E-state index in [1.165, 1.54) is 24.0 Å². The topological polar surface area (TPSA) is 49.3 Å². The summed E-state index contributed by atoms with van der Waals surface area (Å²) in [7, 11) is 0. The van der Waals surface area contributed by atoms with Gasteiger partial charge >= 0.3 is 0 Å². The highest BCUT2D eigenvalue weighted by Crippen LogP contribution is 2.23. The van der Waals surface area contributed by atoms with Crippen molar-refractivity contribution in [2.75, 3.05) is 31.1 Å². The average molecular weight is 364 g/mol. The molecule has 0 unspecified atom stereocenters. The van der Waals surface area contributed by atoms with Crippen LogP contribution in [0.5, 0.6) is 0 Å². The zero-order valence-electron chi connectivity index (χ0n) is 16.6. The summed E-state index contributed by atoms with van der Waals surface area (Å²) in [5.74, 6) is 0.994. The Labute approximate surface area is 161 Å². The van der Waals surface area contributed by atoms with Crippen LogP contribution < -0.4 is 4.90 Å². The van der Waals surface area contributed by atoms with E-state index in [0.717, 1.165) is 60.9 Å². The summed E-state index contributed by atoms with van der Waals surface area (Å²) >= 11 is 0. The van der Waals surface area contributed by atoms with Gasteiger partial charge in [-0.2, -0.15) is 0 Å². The van der Waals surface area contributed by atoms with Crippen molar-refractivity contribution in [3.63, 3.8) is 0 Å².